The van der Waals surface area contributed by atoms with Crippen LogP contribution in [0.4, 0.5) is 0 Å². The van der Waals surface area contributed by atoms with Crippen LogP contribution in [-0.4, -0.2) is 41.8 Å². The highest BCUT2D eigenvalue weighted by molar-refractivity contribution is 5.90. The molecule has 5 heteroatoms. The molecule has 3 unspecified atom stereocenters. The maximum Gasteiger partial charge on any atom is 0.303 e. The lowest BCUT2D eigenvalue weighted by atomic mass is 9.99. The zero-order valence-electron chi connectivity index (χ0n) is 8.56. The summed E-state index contributed by atoms with van der Waals surface area (Å²) < 4.78 is 4.84. The van der Waals surface area contributed by atoms with Gasteiger partial charge in [-0.3, -0.25) is 14.6 Å². The molecule has 0 aromatic carbocycles. The molecule has 0 N–H and O–H groups in total. The number of esters is 1. The number of amides is 1. The van der Waals surface area contributed by atoms with E-state index < -0.39 is 12.1 Å². The Kier molecular flexibility index (Phi) is 2.88. The minimum atomic E-state index is -0.642. The molecular formula is C9H14N2O3. The first-order valence-corrected chi connectivity index (χ1v) is 4.44. The van der Waals surface area contributed by atoms with Gasteiger partial charge in [0.1, 0.15) is 6.17 Å². The summed E-state index contributed by atoms with van der Waals surface area (Å²) in [7, 11) is 0. The molecule has 1 aliphatic heterocycles. The standard InChI is InChI=1S/C9H14N2O3/c1-5-8(14-7(3)12)9(13)11(5)6(2)10-4/h5-6,8H,4H2,1-3H3. The number of hydrogen-bond donors (Lipinski definition) is 0. The highest BCUT2D eigenvalue weighted by Gasteiger charge is 2.48. The minimum absolute atomic E-state index is 0.119. The van der Waals surface area contributed by atoms with Gasteiger partial charge in [0.25, 0.3) is 5.91 Å². The van der Waals surface area contributed by atoms with Crippen LogP contribution in [0.5, 0.6) is 0 Å². The zero-order valence-corrected chi connectivity index (χ0v) is 8.56. The van der Waals surface area contributed by atoms with E-state index in [0.717, 1.165) is 0 Å². The van der Waals surface area contributed by atoms with Gasteiger partial charge in [-0.1, -0.05) is 0 Å². The van der Waals surface area contributed by atoms with Gasteiger partial charge in [-0.05, 0) is 20.6 Å². The fourth-order valence-electron chi connectivity index (χ4n) is 1.56. The van der Waals surface area contributed by atoms with Gasteiger partial charge in [0, 0.05) is 6.92 Å². The summed E-state index contributed by atoms with van der Waals surface area (Å²) in [6, 6.07) is -0.119. The Morgan fingerprint density at radius 1 is 1.71 bits per heavy atom. The van der Waals surface area contributed by atoms with E-state index in [1.165, 1.54) is 6.92 Å². The van der Waals surface area contributed by atoms with Crippen molar-refractivity contribution < 1.29 is 14.3 Å². The van der Waals surface area contributed by atoms with Crippen molar-refractivity contribution in [2.24, 2.45) is 4.99 Å². The first-order valence-electron chi connectivity index (χ1n) is 4.44. The van der Waals surface area contributed by atoms with Crippen LogP contribution in [0.2, 0.25) is 0 Å². The summed E-state index contributed by atoms with van der Waals surface area (Å²) in [6.07, 6.45) is -0.902. The van der Waals surface area contributed by atoms with Crippen molar-refractivity contribution in [3.8, 4) is 0 Å². The van der Waals surface area contributed by atoms with Crippen LogP contribution in [-0.2, 0) is 14.3 Å². The Balaban J connectivity index is 2.61. The van der Waals surface area contributed by atoms with Gasteiger partial charge in [-0.15, -0.1) is 0 Å². The van der Waals surface area contributed by atoms with E-state index in [1.54, 1.807) is 11.8 Å². The number of carbonyl (C=O) groups excluding carboxylic acids is 2. The molecule has 1 amide bonds. The van der Waals surface area contributed by atoms with Crippen molar-refractivity contribution in [2.75, 3.05) is 0 Å². The van der Waals surface area contributed by atoms with Crippen LogP contribution in [0.3, 0.4) is 0 Å². The van der Waals surface area contributed by atoms with Gasteiger partial charge in [0.15, 0.2) is 6.10 Å². The highest BCUT2D eigenvalue weighted by Crippen LogP contribution is 2.25. The molecule has 1 heterocycles. The second-order valence-electron chi connectivity index (χ2n) is 3.33. The smallest absolute Gasteiger partial charge is 0.303 e. The molecule has 0 bridgehead atoms. The van der Waals surface area contributed by atoms with Crippen LogP contribution in [0.15, 0.2) is 4.99 Å². The SMILES string of the molecule is C=NC(C)N1C(=O)C(OC(C)=O)C1C. The number of ether oxygens (including phenoxy) is 1. The average molecular weight is 198 g/mol. The molecule has 1 fully saturated rings. The molecule has 1 saturated heterocycles. The Hall–Kier alpha value is -1.39. The van der Waals surface area contributed by atoms with E-state index in [0.29, 0.717) is 0 Å². The fraction of sp³-hybridized carbons (Fsp3) is 0.667. The van der Waals surface area contributed by atoms with Crippen molar-refractivity contribution in [1.82, 2.24) is 4.90 Å². The first kappa shape index (κ1) is 10.7. The minimum Gasteiger partial charge on any atom is -0.450 e. The van der Waals surface area contributed by atoms with Gasteiger partial charge in [-0.2, -0.15) is 0 Å². The van der Waals surface area contributed by atoms with Gasteiger partial charge >= 0.3 is 5.97 Å². The number of rotatable bonds is 3. The number of aliphatic imine (C=N–C) groups is 1. The van der Waals surface area contributed by atoms with Crippen molar-refractivity contribution in [1.29, 1.82) is 0 Å². The summed E-state index contributed by atoms with van der Waals surface area (Å²) >= 11 is 0. The Bertz CT molecular complexity index is 277. The normalized spacial score (nSPS) is 27.9. The Morgan fingerprint density at radius 3 is 2.64 bits per heavy atom. The molecule has 0 aromatic rings. The number of β-lactam (4-membered cyclic amide) rings is 1. The van der Waals surface area contributed by atoms with Crippen LogP contribution < -0.4 is 0 Å². The second-order valence-corrected chi connectivity index (χ2v) is 3.33. The molecule has 0 radical (unpaired) electrons. The summed E-state index contributed by atoms with van der Waals surface area (Å²) in [5, 5.41) is 0. The van der Waals surface area contributed by atoms with E-state index in [2.05, 4.69) is 11.7 Å². The Labute approximate surface area is 82.7 Å². The predicted octanol–water partition coefficient (Wildman–Crippen LogP) is 0.195. The summed E-state index contributed by atoms with van der Waals surface area (Å²) in [5.74, 6) is -0.637. The summed E-state index contributed by atoms with van der Waals surface area (Å²) in [4.78, 5) is 27.4. The molecular weight excluding hydrogens is 184 g/mol. The van der Waals surface area contributed by atoms with Crippen molar-refractivity contribution >= 4 is 18.6 Å². The summed E-state index contributed by atoms with van der Waals surface area (Å²) in [6.45, 7) is 8.24. The quantitative estimate of drug-likeness (QED) is 0.369. The fourth-order valence-corrected chi connectivity index (χ4v) is 1.56. The molecule has 14 heavy (non-hydrogen) atoms. The van der Waals surface area contributed by atoms with E-state index in [4.69, 9.17) is 4.74 Å². The monoisotopic (exact) mass is 198 g/mol. The highest BCUT2D eigenvalue weighted by atomic mass is 16.6. The third kappa shape index (κ3) is 1.62. The predicted molar refractivity (Wildman–Crippen MR) is 50.9 cm³/mol. The van der Waals surface area contributed by atoms with E-state index >= 15 is 0 Å². The molecule has 1 aliphatic rings. The van der Waals surface area contributed by atoms with Crippen molar-refractivity contribution in [3.63, 3.8) is 0 Å². The summed E-state index contributed by atoms with van der Waals surface area (Å²) in [5.41, 5.74) is 0. The molecule has 3 atom stereocenters. The topological polar surface area (TPSA) is 59.0 Å². The molecule has 5 nitrogen and oxygen atoms in total. The van der Waals surface area contributed by atoms with E-state index in [-0.39, 0.29) is 18.1 Å². The number of carbonyl (C=O) groups is 2. The lowest BCUT2D eigenvalue weighted by Crippen LogP contribution is -2.66. The van der Waals surface area contributed by atoms with Gasteiger partial charge in [0.05, 0.1) is 6.04 Å². The molecule has 0 spiro atoms. The molecule has 0 aromatic heterocycles. The average Bonchev–Trinajstić information content (AvgIpc) is 2.14. The number of likely N-dealkylation sites (tertiary alicyclic amines) is 1. The largest absolute Gasteiger partial charge is 0.450 e. The van der Waals surface area contributed by atoms with Gasteiger partial charge in [0.2, 0.25) is 0 Å². The Morgan fingerprint density at radius 2 is 2.29 bits per heavy atom. The lowest BCUT2D eigenvalue weighted by molar-refractivity contribution is -0.183. The third-order valence-corrected chi connectivity index (χ3v) is 2.33. The van der Waals surface area contributed by atoms with Crippen LogP contribution in [0.25, 0.3) is 0 Å². The molecule has 0 aliphatic carbocycles. The molecule has 0 saturated carbocycles. The maximum absolute atomic E-state index is 11.5. The van der Waals surface area contributed by atoms with Crippen LogP contribution in [0, 0.1) is 0 Å². The van der Waals surface area contributed by atoms with Gasteiger partial charge in [-0.25, -0.2) is 0 Å². The van der Waals surface area contributed by atoms with Crippen molar-refractivity contribution in [2.45, 2.75) is 39.1 Å². The molecule has 78 valence electrons. The number of nitrogens with zero attached hydrogens (tertiary/aromatic N) is 2. The number of hydrogen-bond acceptors (Lipinski definition) is 4. The van der Waals surface area contributed by atoms with Gasteiger partial charge < -0.3 is 9.64 Å². The van der Waals surface area contributed by atoms with Crippen LogP contribution in [0.1, 0.15) is 20.8 Å². The third-order valence-electron chi connectivity index (χ3n) is 2.33. The maximum atomic E-state index is 11.5. The zero-order chi connectivity index (χ0) is 10.9. The van der Waals surface area contributed by atoms with E-state index in [1.807, 2.05) is 6.92 Å². The second kappa shape index (κ2) is 3.77. The van der Waals surface area contributed by atoms with Crippen molar-refractivity contribution in [3.05, 3.63) is 0 Å². The van der Waals surface area contributed by atoms with Crippen LogP contribution >= 0.6 is 0 Å². The van der Waals surface area contributed by atoms with E-state index in [9.17, 15) is 9.59 Å². The lowest BCUT2D eigenvalue weighted by Gasteiger charge is -2.46. The molecule has 1 rings (SSSR count). The first-order chi connectivity index (χ1) is 6.49.